The van der Waals surface area contributed by atoms with E-state index in [4.69, 9.17) is 4.74 Å². The quantitative estimate of drug-likeness (QED) is 0.408. The Bertz CT molecular complexity index is 1240. The molecule has 1 N–H and O–H groups in total. The highest BCUT2D eigenvalue weighted by atomic mass is 79.9. The van der Waals surface area contributed by atoms with Crippen molar-refractivity contribution in [1.29, 1.82) is 0 Å². The Hall–Kier alpha value is -3.39. The smallest absolute Gasteiger partial charge is 0.331 e. The molecule has 0 bridgehead atoms. The molecule has 1 fully saturated rings. The molecule has 164 valence electrons. The summed E-state index contributed by atoms with van der Waals surface area (Å²) in [6.45, 7) is 4.92. The van der Waals surface area contributed by atoms with Crippen molar-refractivity contribution in [2.24, 2.45) is 0 Å². The van der Waals surface area contributed by atoms with Gasteiger partial charge >= 0.3 is 6.03 Å². The Balaban J connectivity index is 1.65. The summed E-state index contributed by atoms with van der Waals surface area (Å²) in [5, 5.41) is 3.10. The molecule has 0 unspecified atom stereocenters. The molecular weight excluding hydrogens is 474 g/mol. The van der Waals surface area contributed by atoms with E-state index in [1.807, 2.05) is 60.2 Å². The number of hydrogen-bond acceptors (Lipinski definition) is 4. The van der Waals surface area contributed by atoms with E-state index in [0.717, 1.165) is 26.0 Å². The standard InChI is InChI=1S/C24H22BrN3O4/c1-3-28-23(30)20(22(29)26-24(28)31)12-16-14-27(21-9-6-17(25)13-19(16)21)10-11-32-18-7-4-15(2)5-8-18/h4-9,12-14H,3,10-11H2,1-2H3,(H,26,29,31)/b20-12+. The molecular formula is C24H22BrN3O4. The summed E-state index contributed by atoms with van der Waals surface area (Å²) in [4.78, 5) is 37.9. The van der Waals surface area contributed by atoms with Gasteiger partial charge in [-0.15, -0.1) is 0 Å². The summed E-state index contributed by atoms with van der Waals surface area (Å²) < 4.78 is 8.77. The van der Waals surface area contributed by atoms with Crippen molar-refractivity contribution >= 4 is 50.8 Å². The van der Waals surface area contributed by atoms with Crippen LogP contribution in [0.3, 0.4) is 0 Å². The van der Waals surface area contributed by atoms with E-state index in [-0.39, 0.29) is 12.1 Å². The van der Waals surface area contributed by atoms with E-state index < -0.39 is 17.8 Å². The first kappa shape index (κ1) is 21.8. The summed E-state index contributed by atoms with van der Waals surface area (Å²) in [6.07, 6.45) is 3.43. The second kappa shape index (κ2) is 9.00. The molecule has 0 radical (unpaired) electrons. The first-order valence-electron chi connectivity index (χ1n) is 10.2. The Labute approximate surface area is 193 Å². The Morgan fingerprint density at radius 3 is 2.56 bits per heavy atom. The van der Waals surface area contributed by atoms with Gasteiger partial charge in [0.15, 0.2) is 0 Å². The molecule has 1 aliphatic rings. The number of halogens is 1. The maximum Gasteiger partial charge on any atom is 0.331 e. The van der Waals surface area contributed by atoms with Gasteiger partial charge in [0.05, 0.1) is 6.54 Å². The number of amides is 4. The second-order valence-corrected chi connectivity index (χ2v) is 8.38. The molecule has 0 atom stereocenters. The lowest BCUT2D eigenvalue weighted by Crippen LogP contribution is -2.53. The summed E-state index contributed by atoms with van der Waals surface area (Å²) in [5.41, 5.74) is 2.75. The van der Waals surface area contributed by atoms with Crippen LogP contribution in [-0.4, -0.2) is 40.5 Å². The maximum absolute atomic E-state index is 12.7. The minimum Gasteiger partial charge on any atom is -0.492 e. The first-order chi connectivity index (χ1) is 15.4. The predicted octanol–water partition coefficient (Wildman–Crippen LogP) is 4.27. The van der Waals surface area contributed by atoms with Gasteiger partial charge in [0.2, 0.25) is 0 Å². The summed E-state index contributed by atoms with van der Waals surface area (Å²) >= 11 is 3.49. The van der Waals surface area contributed by atoms with Crippen LogP contribution >= 0.6 is 15.9 Å². The first-order valence-corrected chi connectivity index (χ1v) is 11.0. The van der Waals surface area contributed by atoms with Crippen molar-refractivity contribution in [2.45, 2.75) is 20.4 Å². The molecule has 0 saturated carbocycles. The van der Waals surface area contributed by atoms with Gasteiger partial charge in [-0.05, 0) is 50.3 Å². The summed E-state index contributed by atoms with van der Waals surface area (Å²) in [6, 6.07) is 13.0. The van der Waals surface area contributed by atoms with Crippen molar-refractivity contribution in [3.8, 4) is 5.75 Å². The average Bonchev–Trinajstić information content (AvgIpc) is 3.09. The number of carbonyl (C=O) groups excluding carboxylic acids is 3. The zero-order chi connectivity index (χ0) is 22.8. The van der Waals surface area contributed by atoms with E-state index >= 15 is 0 Å². The lowest BCUT2D eigenvalue weighted by Gasteiger charge is -2.24. The number of imide groups is 2. The maximum atomic E-state index is 12.7. The lowest BCUT2D eigenvalue weighted by atomic mass is 10.1. The van der Waals surface area contributed by atoms with Gasteiger partial charge in [0, 0.05) is 33.7 Å². The van der Waals surface area contributed by atoms with Crippen molar-refractivity contribution in [2.75, 3.05) is 13.2 Å². The summed E-state index contributed by atoms with van der Waals surface area (Å²) in [5.74, 6) is -0.492. The highest BCUT2D eigenvalue weighted by Gasteiger charge is 2.34. The second-order valence-electron chi connectivity index (χ2n) is 7.47. The molecule has 1 saturated heterocycles. The number of aryl methyl sites for hydroxylation is 1. The van der Waals surface area contributed by atoms with Gasteiger partial charge in [-0.25, -0.2) is 4.79 Å². The van der Waals surface area contributed by atoms with Crippen LogP contribution in [0.25, 0.3) is 17.0 Å². The molecule has 32 heavy (non-hydrogen) atoms. The highest BCUT2D eigenvalue weighted by molar-refractivity contribution is 9.10. The van der Waals surface area contributed by atoms with E-state index in [1.54, 1.807) is 13.0 Å². The highest BCUT2D eigenvalue weighted by Crippen LogP contribution is 2.28. The predicted molar refractivity (Wildman–Crippen MR) is 125 cm³/mol. The fraction of sp³-hybridized carbons (Fsp3) is 0.208. The van der Waals surface area contributed by atoms with Crippen LogP contribution < -0.4 is 10.1 Å². The average molecular weight is 496 g/mol. The van der Waals surface area contributed by atoms with Crippen molar-refractivity contribution < 1.29 is 19.1 Å². The number of carbonyl (C=O) groups is 3. The van der Waals surface area contributed by atoms with Crippen LogP contribution in [-0.2, 0) is 16.1 Å². The van der Waals surface area contributed by atoms with Gasteiger partial charge in [-0.2, -0.15) is 0 Å². The number of hydrogen-bond donors (Lipinski definition) is 1. The number of aromatic nitrogens is 1. The molecule has 2 aromatic carbocycles. The molecule has 7 nitrogen and oxygen atoms in total. The van der Waals surface area contributed by atoms with Crippen molar-refractivity contribution in [3.63, 3.8) is 0 Å². The van der Waals surface area contributed by atoms with Gasteiger partial charge < -0.3 is 9.30 Å². The van der Waals surface area contributed by atoms with E-state index in [9.17, 15) is 14.4 Å². The normalized spacial score (nSPS) is 15.5. The third-order valence-electron chi connectivity index (χ3n) is 5.30. The molecule has 1 aromatic heterocycles. The molecule has 0 spiro atoms. The van der Waals surface area contributed by atoms with Crippen molar-refractivity contribution in [1.82, 2.24) is 14.8 Å². The minimum atomic E-state index is -0.696. The number of barbiturate groups is 1. The number of ether oxygens (including phenoxy) is 1. The van der Waals surface area contributed by atoms with Crippen LogP contribution in [0, 0.1) is 6.92 Å². The SMILES string of the molecule is CCN1C(=O)NC(=O)/C(=C\c2cn(CCOc3ccc(C)cc3)c3ccc(Br)cc23)C1=O. The van der Waals surface area contributed by atoms with Gasteiger partial charge in [-0.1, -0.05) is 33.6 Å². The van der Waals surface area contributed by atoms with E-state index in [1.165, 1.54) is 5.56 Å². The van der Waals surface area contributed by atoms with Gasteiger partial charge in [-0.3, -0.25) is 19.8 Å². The number of likely N-dealkylation sites (N-methyl/N-ethyl adjacent to an activating group) is 1. The molecule has 3 aromatic rings. The number of rotatable bonds is 6. The van der Waals surface area contributed by atoms with Crippen LogP contribution in [0.15, 0.2) is 58.7 Å². The van der Waals surface area contributed by atoms with Crippen LogP contribution in [0.2, 0.25) is 0 Å². The Morgan fingerprint density at radius 1 is 1.09 bits per heavy atom. The van der Waals surface area contributed by atoms with Crippen LogP contribution in [0.4, 0.5) is 4.79 Å². The molecule has 4 amide bonds. The van der Waals surface area contributed by atoms with Crippen LogP contribution in [0.5, 0.6) is 5.75 Å². The van der Waals surface area contributed by atoms with E-state index in [0.29, 0.717) is 18.7 Å². The molecule has 2 heterocycles. The van der Waals surface area contributed by atoms with Crippen LogP contribution in [0.1, 0.15) is 18.1 Å². The summed E-state index contributed by atoms with van der Waals surface area (Å²) in [7, 11) is 0. The number of nitrogens with zero attached hydrogens (tertiary/aromatic N) is 2. The lowest BCUT2D eigenvalue weighted by molar-refractivity contribution is -0.129. The zero-order valence-corrected chi connectivity index (χ0v) is 19.3. The third kappa shape index (κ3) is 4.31. The Morgan fingerprint density at radius 2 is 1.84 bits per heavy atom. The van der Waals surface area contributed by atoms with Crippen molar-refractivity contribution in [3.05, 3.63) is 69.8 Å². The molecule has 4 rings (SSSR count). The van der Waals surface area contributed by atoms with Gasteiger partial charge in [0.25, 0.3) is 11.8 Å². The number of benzene rings is 2. The molecule has 1 aliphatic heterocycles. The molecule has 0 aliphatic carbocycles. The van der Waals surface area contributed by atoms with E-state index in [2.05, 4.69) is 21.2 Å². The molecule has 8 heteroatoms. The third-order valence-corrected chi connectivity index (χ3v) is 5.79. The topological polar surface area (TPSA) is 80.6 Å². The number of nitrogens with one attached hydrogen (secondary N) is 1. The number of urea groups is 1. The number of fused-ring (bicyclic) bond motifs is 1. The fourth-order valence-electron chi connectivity index (χ4n) is 3.63. The largest absolute Gasteiger partial charge is 0.492 e. The monoisotopic (exact) mass is 495 g/mol. The Kier molecular flexibility index (Phi) is 6.14. The fourth-order valence-corrected chi connectivity index (χ4v) is 3.99. The minimum absolute atomic E-state index is 0.0682. The van der Waals surface area contributed by atoms with Gasteiger partial charge in [0.1, 0.15) is 17.9 Å². The zero-order valence-electron chi connectivity index (χ0n) is 17.7.